The predicted octanol–water partition coefficient (Wildman–Crippen LogP) is 3.44. The molecule has 1 aromatic rings. The Kier molecular flexibility index (Phi) is 6.18. The number of nitrogens with one attached hydrogen (secondary N) is 1. The van der Waals surface area contributed by atoms with Crippen molar-refractivity contribution in [3.8, 4) is 5.75 Å². The highest BCUT2D eigenvalue weighted by Gasteiger charge is 2.49. The largest absolute Gasteiger partial charge is 0.496 e. The van der Waals surface area contributed by atoms with Gasteiger partial charge in [-0.05, 0) is 33.8 Å². The summed E-state index contributed by atoms with van der Waals surface area (Å²) in [5.74, 6) is 0.745. The standard InChI is InChI=1S/C17H25N3O3S2/c1-11(2)18-15(21)20(22)14-17(3,4)25-16(24)19(14)10-12-8-6-7-9-13(12)23-5/h6-9,11,14,22H,10H2,1-5H3,(H,18,21). The van der Waals surface area contributed by atoms with E-state index in [0.717, 1.165) is 16.4 Å². The third-order valence-corrected chi connectivity index (χ3v) is 5.52. The summed E-state index contributed by atoms with van der Waals surface area (Å²) in [6.45, 7) is 8.05. The quantitative estimate of drug-likeness (QED) is 0.461. The van der Waals surface area contributed by atoms with E-state index < -0.39 is 16.9 Å². The number of benzene rings is 1. The molecule has 1 unspecified atom stereocenters. The fourth-order valence-corrected chi connectivity index (χ4v) is 4.70. The molecule has 2 N–H and O–H groups in total. The summed E-state index contributed by atoms with van der Waals surface area (Å²) in [6, 6.07) is 7.04. The molecule has 1 saturated heterocycles. The van der Waals surface area contributed by atoms with Crippen molar-refractivity contribution in [3.63, 3.8) is 0 Å². The Morgan fingerprint density at radius 3 is 2.72 bits per heavy atom. The number of carbonyl (C=O) groups excluding carboxylic acids is 1. The topological polar surface area (TPSA) is 65.0 Å². The zero-order valence-electron chi connectivity index (χ0n) is 15.1. The molecule has 138 valence electrons. The minimum absolute atomic E-state index is 0.0751. The molecular formula is C17H25N3O3S2. The average molecular weight is 384 g/mol. The molecule has 8 heteroatoms. The Morgan fingerprint density at radius 2 is 2.12 bits per heavy atom. The first kappa shape index (κ1) is 19.8. The van der Waals surface area contributed by atoms with Crippen LogP contribution in [0.1, 0.15) is 33.3 Å². The highest BCUT2D eigenvalue weighted by Crippen LogP contribution is 2.43. The fourth-order valence-electron chi connectivity index (χ4n) is 2.83. The molecular weight excluding hydrogens is 358 g/mol. The Bertz CT molecular complexity index is 652. The Balaban J connectivity index is 2.30. The lowest BCUT2D eigenvalue weighted by Crippen LogP contribution is -2.57. The van der Waals surface area contributed by atoms with Crippen LogP contribution in [-0.4, -0.2) is 49.6 Å². The fraction of sp³-hybridized carbons (Fsp3) is 0.529. The number of carbonyl (C=O) groups is 1. The number of thiocarbonyl (C=S) groups is 1. The molecule has 2 rings (SSSR count). The second kappa shape index (κ2) is 7.80. The number of amides is 2. The Hall–Kier alpha value is -1.51. The van der Waals surface area contributed by atoms with Crippen LogP contribution in [0.3, 0.4) is 0 Å². The number of methoxy groups -OCH3 is 1. The number of hydrogen-bond acceptors (Lipinski definition) is 5. The molecule has 2 amide bonds. The second-order valence-electron chi connectivity index (χ2n) is 6.73. The van der Waals surface area contributed by atoms with E-state index in [1.165, 1.54) is 11.8 Å². The van der Waals surface area contributed by atoms with Gasteiger partial charge in [0.2, 0.25) is 0 Å². The normalized spacial score (nSPS) is 19.2. The molecule has 1 aliphatic heterocycles. The summed E-state index contributed by atoms with van der Waals surface area (Å²) >= 11 is 6.99. The molecule has 6 nitrogen and oxygen atoms in total. The molecule has 1 aliphatic rings. The molecule has 1 atom stereocenters. The zero-order valence-corrected chi connectivity index (χ0v) is 16.8. The molecule has 0 radical (unpaired) electrons. The van der Waals surface area contributed by atoms with Crippen molar-refractivity contribution < 1.29 is 14.7 Å². The van der Waals surface area contributed by atoms with Gasteiger partial charge in [-0.1, -0.05) is 42.2 Å². The highest BCUT2D eigenvalue weighted by atomic mass is 32.2. The lowest BCUT2D eigenvalue weighted by atomic mass is 10.1. The molecule has 1 heterocycles. The number of rotatable bonds is 5. The van der Waals surface area contributed by atoms with Gasteiger partial charge in [-0.25, -0.2) is 4.79 Å². The van der Waals surface area contributed by atoms with Gasteiger partial charge >= 0.3 is 6.03 Å². The van der Waals surface area contributed by atoms with Crippen molar-refractivity contribution in [1.29, 1.82) is 0 Å². The monoisotopic (exact) mass is 383 g/mol. The Morgan fingerprint density at radius 1 is 1.48 bits per heavy atom. The van der Waals surface area contributed by atoms with E-state index in [4.69, 9.17) is 17.0 Å². The van der Waals surface area contributed by atoms with E-state index in [1.807, 2.05) is 56.9 Å². The first-order valence-corrected chi connectivity index (χ1v) is 9.30. The van der Waals surface area contributed by atoms with Crippen LogP contribution in [0.25, 0.3) is 0 Å². The van der Waals surface area contributed by atoms with Crippen LogP contribution in [-0.2, 0) is 6.54 Å². The number of hydrogen-bond donors (Lipinski definition) is 2. The molecule has 0 saturated carbocycles. The molecule has 0 spiro atoms. The number of nitrogens with zero attached hydrogens (tertiary/aromatic N) is 2. The average Bonchev–Trinajstić information content (AvgIpc) is 2.75. The van der Waals surface area contributed by atoms with Gasteiger partial charge in [0.1, 0.15) is 16.2 Å². The lowest BCUT2D eigenvalue weighted by Gasteiger charge is -2.37. The molecule has 0 aromatic heterocycles. The molecule has 0 bridgehead atoms. The predicted molar refractivity (Wildman–Crippen MR) is 104 cm³/mol. The summed E-state index contributed by atoms with van der Waals surface area (Å²) in [4.78, 5) is 14.2. The van der Waals surface area contributed by atoms with Gasteiger partial charge in [-0.2, -0.15) is 5.06 Å². The smallest absolute Gasteiger partial charge is 0.343 e. The zero-order chi connectivity index (χ0) is 18.8. The van der Waals surface area contributed by atoms with Crippen molar-refractivity contribution in [2.75, 3.05) is 7.11 Å². The maximum atomic E-state index is 12.3. The number of urea groups is 1. The van der Waals surface area contributed by atoms with E-state index >= 15 is 0 Å². The number of thioether (sulfide) groups is 1. The van der Waals surface area contributed by atoms with Crippen LogP contribution < -0.4 is 10.1 Å². The van der Waals surface area contributed by atoms with Gasteiger partial charge in [0.05, 0.1) is 18.4 Å². The van der Waals surface area contributed by atoms with Crippen molar-refractivity contribution in [2.45, 2.75) is 51.2 Å². The molecule has 1 aromatic carbocycles. The molecule has 25 heavy (non-hydrogen) atoms. The van der Waals surface area contributed by atoms with Gasteiger partial charge < -0.3 is 15.0 Å². The van der Waals surface area contributed by atoms with Crippen LogP contribution in [0.4, 0.5) is 4.79 Å². The second-order valence-corrected chi connectivity index (χ2v) is 9.02. The van der Waals surface area contributed by atoms with Crippen LogP contribution in [0.15, 0.2) is 24.3 Å². The molecule has 0 aliphatic carbocycles. The van der Waals surface area contributed by atoms with Crippen molar-refractivity contribution >= 4 is 34.3 Å². The van der Waals surface area contributed by atoms with E-state index in [0.29, 0.717) is 10.9 Å². The van der Waals surface area contributed by atoms with Crippen LogP contribution in [0, 0.1) is 0 Å². The summed E-state index contributed by atoms with van der Waals surface area (Å²) < 4.78 is 5.59. The summed E-state index contributed by atoms with van der Waals surface area (Å²) in [5.41, 5.74) is 0.938. The van der Waals surface area contributed by atoms with Gasteiger partial charge in [-0.3, -0.25) is 5.21 Å². The first-order chi connectivity index (χ1) is 11.7. The van der Waals surface area contributed by atoms with E-state index in [2.05, 4.69) is 5.32 Å². The minimum Gasteiger partial charge on any atom is -0.496 e. The summed E-state index contributed by atoms with van der Waals surface area (Å²) in [7, 11) is 1.62. The van der Waals surface area contributed by atoms with Crippen LogP contribution in [0.5, 0.6) is 5.75 Å². The first-order valence-electron chi connectivity index (χ1n) is 8.07. The van der Waals surface area contributed by atoms with Gasteiger partial charge in [0, 0.05) is 11.6 Å². The van der Waals surface area contributed by atoms with Gasteiger partial charge in [0.25, 0.3) is 0 Å². The van der Waals surface area contributed by atoms with Crippen LogP contribution >= 0.6 is 24.0 Å². The maximum Gasteiger partial charge on any atom is 0.343 e. The van der Waals surface area contributed by atoms with Gasteiger partial charge in [0.15, 0.2) is 0 Å². The van der Waals surface area contributed by atoms with Crippen LogP contribution in [0.2, 0.25) is 0 Å². The summed E-state index contributed by atoms with van der Waals surface area (Å²) in [5, 5.41) is 14.0. The van der Waals surface area contributed by atoms with Gasteiger partial charge in [-0.15, -0.1) is 0 Å². The van der Waals surface area contributed by atoms with E-state index in [-0.39, 0.29) is 6.04 Å². The summed E-state index contributed by atoms with van der Waals surface area (Å²) in [6.07, 6.45) is -0.589. The van der Waals surface area contributed by atoms with Crippen molar-refractivity contribution in [3.05, 3.63) is 29.8 Å². The van der Waals surface area contributed by atoms with Crippen molar-refractivity contribution in [2.24, 2.45) is 0 Å². The highest BCUT2D eigenvalue weighted by molar-refractivity contribution is 8.24. The third kappa shape index (κ3) is 4.37. The van der Waals surface area contributed by atoms with E-state index in [1.54, 1.807) is 7.11 Å². The Labute approximate surface area is 158 Å². The number of ether oxygens (including phenoxy) is 1. The number of para-hydroxylation sites is 1. The van der Waals surface area contributed by atoms with Crippen molar-refractivity contribution in [1.82, 2.24) is 15.3 Å². The lowest BCUT2D eigenvalue weighted by molar-refractivity contribution is -0.120. The maximum absolute atomic E-state index is 12.3. The SMILES string of the molecule is COc1ccccc1CN1C(=S)SC(C)(C)C1N(O)C(=O)NC(C)C. The van der Waals surface area contributed by atoms with E-state index in [9.17, 15) is 10.0 Å². The molecule has 1 fully saturated rings. The third-order valence-electron chi connectivity index (χ3n) is 3.89. The number of hydroxylamine groups is 2. The minimum atomic E-state index is -0.589.